The maximum Gasteiger partial charge on any atom is 0.137 e. The van der Waals surface area contributed by atoms with E-state index in [4.69, 9.17) is 9.97 Å². The van der Waals surface area contributed by atoms with Crippen LogP contribution in [0.1, 0.15) is 50.4 Å². The molecule has 1 aromatic heterocycles. The van der Waals surface area contributed by atoms with Crippen LogP contribution in [0.4, 0.5) is 11.6 Å². The van der Waals surface area contributed by atoms with Crippen LogP contribution in [0.5, 0.6) is 0 Å². The van der Waals surface area contributed by atoms with Gasteiger partial charge in [0.15, 0.2) is 0 Å². The number of nitrogens with zero attached hydrogens (tertiary/aromatic N) is 3. The zero-order valence-corrected chi connectivity index (χ0v) is 13.3. The van der Waals surface area contributed by atoms with Gasteiger partial charge in [0.25, 0.3) is 0 Å². The first-order valence-electron chi connectivity index (χ1n) is 8.15. The minimum atomic E-state index is -0.264. The molecule has 0 bridgehead atoms. The van der Waals surface area contributed by atoms with Crippen molar-refractivity contribution in [3.05, 3.63) is 11.4 Å². The van der Waals surface area contributed by atoms with E-state index in [1.165, 1.54) is 12.8 Å². The van der Waals surface area contributed by atoms with Crippen molar-refractivity contribution in [2.24, 2.45) is 5.92 Å². The second kappa shape index (κ2) is 5.79. The van der Waals surface area contributed by atoms with Crippen molar-refractivity contribution in [2.45, 2.75) is 52.1 Å². The molecule has 1 saturated carbocycles. The number of hydrogen-bond donors (Lipinski definition) is 2. The Balaban J connectivity index is 1.92. The SMILES string of the molecule is CCNc1nc(C2CC2)nc(N2CCC(C)C(O)C2)c1C. The van der Waals surface area contributed by atoms with Gasteiger partial charge in [0.05, 0.1) is 6.10 Å². The first-order valence-corrected chi connectivity index (χ1v) is 8.15. The molecule has 1 saturated heterocycles. The van der Waals surface area contributed by atoms with E-state index in [0.717, 1.165) is 42.5 Å². The fraction of sp³-hybridized carbons (Fsp3) is 0.750. The molecule has 2 unspecified atom stereocenters. The highest BCUT2D eigenvalue weighted by Crippen LogP contribution is 2.40. The third kappa shape index (κ3) is 2.98. The van der Waals surface area contributed by atoms with Crippen LogP contribution in [0.25, 0.3) is 0 Å². The Morgan fingerprint density at radius 2 is 2.05 bits per heavy atom. The highest BCUT2D eigenvalue weighted by atomic mass is 16.3. The van der Waals surface area contributed by atoms with E-state index in [-0.39, 0.29) is 6.10 Å². The molecule has 116 valence electrons. The summed E-state index contributed by atoms with van der Waals surface area (Å²) in [5.74, 6) is 3.85. The molecule has 2 N–H and O–H groups in total. The molecule has 2 fully saturated rings. The number of aromatic nitrogens is 2. The van der Waals surface area contributed by atoms with Crippen molar-refractivity contribution in [2.75, 3.05) is 29.9 Å². The summed E-state index contributed by atoms with van der Waals surface area (Å²) < 4.78 is 0. The summed E-state index contributed by atoms with van der Waals surface area (Å²) in [6, 6.07) is 0. The average Bonchev–Trinajstić information content (AvgIpc) is 3.29. The lowest BCUT2D eigenvalue weighted by molar-refractivity contribution is 0.102. The summed E-state index contributed by atoms with van der Waals surface area (Å²) >= 11 is 0. The maximum atomic E-state index is 10.2. The van der Waals surface area contributed by atoms with Gasteiger partial charge in [-0.05, 0) is 39.0 Å². The second-order valence-corrected chi connectivity index (χ2v) is 6.46. The number of nitrogens with one attached hydrogen (secondary N) is 1. The smallest absolute Gasteiger partial charge is 0.137 e. The van der Waals surface area contributed by atoms with E-state index in [9.17, 15) is 5.11 Å². The van der Waals surface area contributed by atoms with Gasteiger partial charge in [-0.15, -0.1) is 0 Å². The van der Waals surface area contributed by atoms with E-state index in [2.05, 4.69) is 31.0 Å². The summed E-state index contributed by atoms with van der Waals surface area (Å²) in [6.07, 6.45) is 3.15. The van der Waals surface area contributed by atoms with Crippen LogP contribution in [-0.4, -0.2) is 40.8 Å². The summed E-state index contributed by atoms with van der Waals surface area (Å²) in [5.41, 5.74) is 1.10. The Bertz CT molecular complexity index is 515. The fourth-order valence-corrected chi connectivity index (χ4v) is 2.93. The predicted octanol–water partition coefficient (Wildman–Crippen LogP) is 2.30. The molecule has 5 heteroatoms. The molecule has 0 spiro atoms. The van der Waals surface area contributed by atoms with Crippen LogP contribution in [0.2, 0.25) is 0 Å². The summed E-state index contributed by atoms with van der Waals surface area (Å²) in [7, 11) is 0. The lowest BCUT2D eigenvalue weighted by Crippen LogP contribution is -2.43. The van der Waals surface area contributed by atoms with Crippen LogP contribution in [-0.2, 0) is 0 Å². The Morgan fingerprint density at radius 3 is 2.67 bits per heavy atom. The average molecular weight is 290 g/mol. The molecule has 5 nitrogen and oxygen atoms in total. The molecule has 2 aliphatic rings. The zero-order chi connectivity index (χ0) is 15.0. The molecule has 2 heterocycles. The third-order valence-corrected chi connectivity index (χ3v) is 4.64. The quantitative estimate of drug-likeness (QED) is 0.891. The lowest BCUT2D eigenvalue weighted by Gasteiger charge is -2.36. The van der Waals surface area contributed by atoms with Gasteiger partial charge in [0.2, 0.25) is 0 Å². The number of rotatable bonds is 4. The summed E-state index contributed by atoms with van der Waals surface area (Å²) in [5, 5.41) is 13.5. The van der Waals surface area contributed by atoms with Crippen LogP contribution in [0.15, 0.2) is 0 Å². The van der Waals surface area contributed by atoms with Crippen molar-refractivity contribution in [3.8, 4) is 0 Å². The molecule has 1 aliphatic heterocycles. The molecule has 1 aromatic rings. The van der Waals surface area contributed by atoms with Gasteiger partial charge in [0, 0.05) is 31.1 Å². The molecular weight excluding hydrogens is 264 g/mol. The molecule has 21 heavy (non-hydrogen) atoms. The van der Waals surface area contributed by atoms with Crippen molar-refractivity contribution in [3.63, 3.8) is 0 Å². The topological polar surface area (TPSA) is 61.3 Å². The van der Waals surface area contributed by atoms with Crippen LogP contribution in [0.3, 0.4) is 0 Å². The molecule has 3 rings (SSSR count). The van der Waals surface area contributed by atoms with Gasteiger partial charge >= 0.3 is 0 Å². The first kappa shape index (κ1) is 14.6. The Hall–Kier alpha value is -1.36. The van der Waals surface area contributed by atoms with Crippen molar-refractivity contribution in [1.82, 2.24) is 9.97 Å². The van der Waals surface area contributed by atoms with Crippen molar-refractivity contribution in [1.29, 1.82) is 0 Å². The number of aliphatic hydroxyl groups excluding tert-OH is 1. The number of hydrogen-bond acceptors (Lipinski definition) is 5. The Labute approximate surface area is 126 Å². The highest BCUT2D eigenvalue weighted by molar-refractivity contribution is 5.59. The van der Waals surface area contributed by atoms with Crippen LogP contribution in [0, 0.1) is 12.8 Å². The van der Waals surface area contributed by atoms with Crippen molar-refractivity contribution < 1.29 is 5.11 Å². The van der Waals surface area contributed by atoms with Gasteiger partial charge in [-0.2, -0.15) is 0 Å². The van der Waals surface area contributed by atoms with E-state index < -0.39 is 0 Å². The zero-order valence-electron chi connectivity index (χ0n) is 13.3. The van der Waals surface area contributed by atoms with Crippen molar-refractivity contribution >= 4 is 11.6 Å². The Morgan fingerprint density at radius 1 is 1.29 bits per heavy atom. The summed E-state index contributed by atoms with van der Waals surface area (Å²) in [4.78, 5) is 11.8. The van der Waals surface area contributed by atoms with E-state index in [0.29, 0.717) is 18.4 Å². The van der Waals surface area contributed by atoms with E-state index >= 15 is 0 Å². The third-order valence-electron chi connectivity index (χ3n) is 4.64. The molecule has 0 aromatic carbocycles. The lowest BCUT2D eigenvalue weighted by atomic mass is 9.96. The highest BCUT2D eigenvalue weighted by Gasteiger charge is 2.31. The fourth-order valence-electron chi connectivity index (χ4n) is 2.93. The standard InChI is InChI=1S/C16H26N4O/c1-4-17-14-11(3)16(19-15(18-14)12-5-6-12)20-8-7-10(2)13(21)9-20/h10,12-13,21H,4-9H2,1-3H3,(H,17,18,19). The van der Waals surface area contributed by atoms with Crippen LogP contribution < -0.4 is 10.2 Å². The first-order chi connectivity index (χ1) is 10.1. The maximum absolute atomic E-state index is 10.2. The molecule has 2 atom stereocenters. The predicted molar refractivity (Wildman–Crippen MR) is 84.9 cm³/mol. The minimum absolute atomic E-state index is 0.264. The number of aliphatic hydroxyl groups is 1. The second-order valence-electron chi connectivity index (χ2n) is 6.46. The minimum Gasteiger partial charge on any atom is -0.391 e. The van der Waals surface area contributed by atoms with Crippen LogP contribution >= 0.6 is 0 Å². The van der Waals surface area contributed by atoms with E-state index in [1.54, 1.807) is 0 Å². The van der Waals surface area contributed by atoms with Gasteiger partial charge in [-0.25, -0.2) is 9.97 Å². The number of anilines is 2. The normalized spacial score (nSPS) is 26.0. The number of β-amino-alcohol motifs (C(OH)–C–C–N with tert-alkyl or cyclic N) is 1. The van der Waals surface area contributed by atoms with Gasteiger partial charge in [0.1, 0.15) is 17.5 Å². The Kier molecular flexibility index (Phi) is 4.02. The van der Waals surface area contributed by atoms with Gasteiger partial charge in [-0.3, -0.25) is 0 Å². The molecule has 0 radical (unpaired) electrons. The molecular formula is C16H26N4O. The van der Waals surface area contributed by atoms with Gasteiger partial charge < -0.3 is 15.3 Å². The number of piperidine rings is 1. The summed E-state index contributed by atoms with van der Waals surface area (Å²) in [6.45, 7) is 8.79. The van der Waals surface area contributed by atoms with Gasteiger partial charge in [-0.1, -0.05) is 6.92 Å². The molecule has 0 amide bonds. The largest absolute Gasteiger partial charge is 0.391 e. The van der Waals surface area contributed by atoms with E-state index in [1.807, 2.05) is 0 Å². The monoisotopic (exact) mass is 290 g/mol. The molecule has 1 aliphatic carbocycles.